The number of nitrogens with one attached hydrogen (secondary N) is 1. The zero-order valence-corrected chi connectivity index (χ0v) is 14.7. The van der Waals surface area contributed by atoms with Gasteiger partial charge in [0.1, 0.15) is 17.3 Å². The summed E-state index contributed by atoms with van der Waals surface area (Å²) in [5, 5.41) is 10.4. The van der Waals surface area contributed by atoms with E-state index in [4.69, 9.17) is 4.74 Å². The minimum Gasteiger partial charge on any atom is -0.507 e. The first kappa shape index (κ1) is 16.6. The number of hydrogen-bond donors (Lipinski definition) is 2. The number of esters is 1. The molecule has 1 aromatic heterocycles. The van der Waals surface area contributed by atoms with Crippen molar-refractivity contribution in [1.29, 1.82) is 0 Å². The molecule has 2 aromatic carbocycles. The Kier molecular flexibility index (Phi) is 4.37. The van der Waals surface area contributed by atoms with Crippen LogP contribution in [0.1, 0.15) is 32.6 Å². The smallest absolute Gasteiger partial charge is 0.314 e. The maximum Gasteiger partial charge on any atom is 0.314 e. The maximum atomic E-state index is 12.3. The molecular formula is C21H22N2O3. The minimum absolute atomic E-state index is 0.0339. The first-order chi connectivity index (χ1) is 12.6. The number of carbonyl (C=O) groups excluding carboxylic acids is 1. The number of rotatable bonds is 3. The van der Waals surface area contributed by atoms with Crippen LogP contribution in [0.25, 0.3) is 22.4 Å². The van der Waals surface area contributed by atoms with Crippen molar-refractivity contribution in [3.8, 4) is 22.9 Å². The van der Waals surface area contributed by atoms with Crippen molar-refractivity contribution in [2.75, 3.05) is 0 Å². The number of phenols is 1. The van der Waals surface area contributed by atoms with Gasteiger partial charge >= 0.3 is 5.97 Å². The lowest BCUT2D eigenvalue weighted by Gasteiger charge is -2.24. The Bertz CT molecular complexity index is 906. The highest BCUT2D eigenvalue weighted by atomic mass is 16.5. The number of carbonyl (C=O) groups is 1. The third-order valence-corrected chi connectivity index (χ3v) is 5.18. The van der Waals surface area contributed by atoms with Crippen LogP contribution in [-0.2, 0) is 4.79 Å². The Balaban J connectivity index is 1.51. The van der Waals surface area contributed by atoms with Crippen molar-refractivity contribution in [2.24, 2.45) is 11.8 Å². The molecule has 1 saturated carbocycles. The van der Waals surface area contributed by atoms with Crippen LogP contribution in [0.5, 0.6) is 11.5 Å². The molecule has 1 heterocycles. The van der Waals surface area contributed by atoms with E-state index in [0.717, 1.165) is 36.7 Å². The predicted molar refractivity (Wildman–Crippen MR) is 100.0 cm³/mol. The van der Waals surface area contributed by atoms with E-state index in [2.05, 4.69) is 16.9 Å². The number of ether oxygens (including phenoxy) is 1. The number of phenolic OH excluding ortho intramolecular Hbond substituents is 1. The van der Waals surface area contributed by atoms with Gasteiger partial charge in [-0.3, -0.25) is 4.79 Å². The predicted octanol–water partition coefficient (Wildman–Crippen LogP) is 4.67. The van der Waals surface area contributed by atoms with Crippen molar-refractivity contribution in [1.82, 2.24) is 9.97 Å². The summed E-state index contributed by atoms with van der Waals surface area (Å²) in [6, 6.07) is 12.6. The molecule has 0 spiro atoms. The SMILES string of the molecule is C[C@H]1CC[C@H](C(=O)Oc2ccc(-c3nc4ccccc4[nH]3)c(O)c2)CC1. The average Bonchev–Trinajstić information content (AvgIpc) is 3.06. The number of para-hydroxylation sites is 2. The van der Waals surface area contributed by atoms with E-state index < -0.39 is 0 Å². The fourth-order valence-electron chi connectivity index (χ4n) is 3.55. The normalized spacial score (nSPS) is 20.2. The van der Waals surface area contributed by atoms with Gasteiger partial charge in [0.15, 0.2) is 0 Å². The summed E-state index contributed by atoms with van der Waals surface area (Å²) in [5.41, 5.74) is 2.32. The molecule has 134 valence electrons. The monoisotopic (exact) mass is 350 g/mol. The molecule has 3 aromatic rings. The van der Waals surface area contributed by atoms with Gasteiger partial charge in [0.25, 0.3) is 0 Å². The van der Waals surface area contributed by atoms with Crippen LogP contribution in [0.3, 0.4) is 0 Å². The molecule has 0 unspecified atom stereocenters. The highest BCUT2D eigenvalue weighted by molar-refractivity contribution is 5.81. The second-order valence-electron chi connectivity index (χ2n) is 7.16. The van der Waals surface area contributed by atoms with Gasteiger partial charge in [-0.1, -0.05) is 19.1 Å². The number of benzene rings is 2. The summed E-state index contributed by atoms with van der Waals surface area (Å²) in [6.07, 6.45) is 3.89. The Labute approximate surface area is 152 Å². The summed E-state index contributed by atoms with van der Waals surface area (Å²) >= 11 is 0. The third kappa shape index (κ3) is 3.29. The summed E-state index contributed by atoms with van der Waals surface area (Å²) in [5.74, 6) is 1.43. The highest BCUT2D eigenvalue weighted by Crippen LogP contribution is 2.33. The summed E-state index contributed by atoms with van der Waals surface area (Å²) < 4.78 is 5.49. The lowest BCUT2D eigenvalue weighted by molar-refractivity contribution is -0.140. The van der Waals surface area contributed by atoms with Gasteiger partial charge in [-0.15, -0.1) is 0 Å². The van der Waals surface area contributed by atoms with Crippen LogP contribution in [0.2, 0.25) is 0 Å². The zero-order chi connectivity index (χ0) is 18.1. The van der Waals surface area contributed by atoms with E-state index in [-0.39, 0.29) is 17.6 Å². The first-order valence-corrected chi connectivity index (χ1v) is 9.10. The number of H-pyrrole nitrogens is 1. The van der Waals surface area contributed by atoms with E-state index in [1.807, 2.05) is 24.3 Å². The standard InChI is InChI=1S/C21H22N2O3/c1-13-6-8-14(9-7-13)21(25)26-15-10-11-16(19(24)12-15)20-22-17-4-2-3-5-18(17)23-20/h2-5,10-14,24H,6-9H2,1H3,(H,22,23)/t13-,14-. The maximum absolute atomic E-state index is 12.3. The second kappa shape index (κ2) is 6.83. The van der Waals surface area contributed by atoms with Crippen molar-refractivity contribution < 1.29 is 14.6 Å². The van der Waals surface area contributed by atoms with Gasteiger partial charge in [0.05, 0.1) is 22.5 Å². The summed E-state index contributed by atoms with van der Waals surface area (Å²) in [4.78, 5) is 20.0. The molecule has 4 rings (SSSR count). The lowest BCUT2D eigenvalue weighted by Crippen LogP contribution is -2.24. The Morgan fingerprint density at radius 2 is 1.92 bits per heavy atom. The average molecular weight is 350 g/mol. The molecule has 1 fully saturated rings. The number of aromatic amines is 1. The van der Waals surface area contributed by atoms with Crippen molar-refractivity contribution in [2.45, 2.75) is 32.6 Å². The van der Waals surface area contributed by atoms with Crippen molar-refractivity contribution >= 4 is 17.0 Å². The van der Waals surface area contributed by atoms with E-state index in [9.17, 15) is 9.90 Å². The van der Waals surface area contributed by atoms with Crippen LogP contribution < -0.4 is 4.74 Å². The second-order valence-corrected chi connectivity index (χ2v) is 7.16. The van der Waals surface area contributed by atoms with Crippen LogP contribution in [0, 0.1) is 11.8 Å². The molecule has 5 heteroatoms. The molecule has 5 nitrogen and oxygen atoms in total. The zero-order valence-electron chi connectivity index (χ0n) is 14.7. The van der Waals surface area contributed by atoms with Gasteiger partial charge in [-0.05, 0) is 55.9 Å². The van der Waals surface area contributed by atoms with Gasteiger partial charge in [0.2, 0.25) is 0 Å². The summed E-state index contributed by atoms with van der Waals surface area (Å²) in [7, 11) is 0. The van der Waals surface area contributed by atoms with Crippen LogP contribution in [0.4, 0.5) is 0 Å². The molecule has 0 atom stereocenters. The minimum atomic E-state index is -0.201. The molecular weight excluding hydrogens is 328 g/mol. The van der Waals surface area contributed by atoms with Gasteiger partial charge in [-0.2, -0.15) is 0 Å². The van der Waals surface area contributed by atoms with E-state index in [0.29, 0.717) is 23.1 Å². The topological polar surface area (TPSA) is 75.2 Å². The Morgan fingerprint density at radius 1 is 1.15 bits per heavy atom. The molecule has 0 saturated heterocycles. The third-order valence-electron chi connectivity index (χ3n) is 5.18. The molecule has 0 amide bonds. The number of imidazole rings is 1. The fourth-order valence-corrected chi connectivity index (χ4v) is 3.55. The van der Waals surface area contributed by atoms with Crippen LogP contribution in [-0.4, -0.2) is 21.0 Å². The Morgan fingerprint density at radius 3 is 2.65 bits per heavy atom. The quantitative estimate of drug-likeness (QED) is 0.532. The van der Waals surface area contributed by atoms with E-state index in [1.54, 1.807) is 12.1 Å². The first-order valence-electron chi connectivity index (χ1n) is 9.10. The van der Waals surface area contributed by atoms with Crippen LogP contribution in [0.15, 0.2) is 42.5 Å². The molecule has 0 aliphatic heterocycles. The number of fused-ring (bicyclic) bond motifs is 1. The Hall–Kier alpha value is -2.82. The van der Waals surface area contributed by atoms with Crippen molar-refractivity contribution in [3.05, 3.63) is 42.5 Å². The number of aromatic nitrogens is 2. The molecule has 26 heavy (non-hydrogen) atoms. The highest BCUT2D eigenvalue weighted by Gasteiger charge is 2.26. The molecule has 0 radical (unpaired) electrons. The number of nitrogens with zero attached hydrogens (tertiary/aromatic N) is 1. The molecule has 1 aliphatic rings. The van der Waals surface area contributed by atoms with Gasteiger partial charge in [0, 0.05) is 6.07 Å². The van der Waals surface area contributed by atoms with E-state index >= 15 is 0 Å². The molecule has 0 bridgehead atoms. The number of aromatic hydroxyl groups is 1. The molecule has 1 aliphatic carbocycles. The summed E-state index contributed by atoms with van der Waals surface area (Å²) in [6.45, 7) is 2.22. The lowest BCUT2D eigenvalue weighted by atomic mass is 9.83. The van der Waals surface area contributed by atoms with Crippen molar-refractivity contribution in [3.63, 3.8) is 0 Å². The largest absolute Gasteiger partial charge is 0.507 e. The molecule has 2 N–H and O–H groups in total. The van der Waals surface area contributed by atoms with E-state index in [1.165, 1.54) is 6.07 Å². The fraction of sp³-hybridized carbons (Fsp3) is 0.333. The van der Waals surface area contributed by atoms with Gasteiger partial charge in [-0.25, -0.2) is 4.98 Å². The number of hydrogen-bond acceptors (Lipinski definition) is 4. The van der Waals surface area contributed by atoms with Crippen LogP contribution >= 0.6 is 0 Å². The van der Waals surface area contributed by atoms with Gasteiger partial charge < -0.3 is 14.8 Å².